The monoisotopic (exact) mass is 558 g/mol. The topological polar surface area (TPSA) is 147 Å². The molecule has 1 aromatic heterocycles. The Morgan fingerprint density at radius 1 is 1.12 bits per heavy atom. The number of amides is 2. The highest BCUT2D eigenvalue weighted by atomic mass is 16.6. The number of carbonyl (C=O) groups excluding carboxylic acids is 2. The van der Waals surface area contributed by atoms with Crippen molar-refractivity contribution in [1.82, 2.24) is 15.3 Å². The van der Waals surface area contributed by atoms with Gasteiger partial charge in [-0.2, -0.15) is 4.98 Å². The number of hydrogen-bond donors (Lipinski definition) is 4. The highest BCUT2D eigenvalue weighted by molar-refractivity contribution is 6.04. The van der Waals surface area contributed by atoms with Crippen LogP contribution in [0.1, 0.15) is 56.6 Å². The van der Waals surface area contributed by atoms with E-state index in [9.17, 15) is 9.59 Å². The summed E-state index contributed by atoms with van der Waals surface area (Å²) in [5.74, 6) is 0.844. The van der Waals surface area contributed by atoms with Crippen LogP contribution in [0.2, 0.25) is 0 Å². The number of aliphatic imine (C=N–C) groups is 1. The number of carbonyl (C=O) groups is 2. The second-order valence-electron chi connectivity index (χ2n) is 10.9. The second-order valence-corrected chi connectivity index (χ2v) is 10.9. The average Bonchev–Trinajstić information content (AvgIpc) is 2.90. The zero-order valence-corrected chi connectivity index (χ0v) is 24.2. The quantitative estimate of drug-likeness (QED) is 0.217. The number of aryl methyl sites for hydroxylation is 1. The zero-order chi connectivity index (χ0) is 29.6. The molecule has 1 aliphatic heterocycles. The molecule has 3 aromatic rings. The molecule has 1 aliphatic rings. The van der Waals surface area contributed by atoms with Crippen LogP contribution in [0.5, 0.6) is 0 Å². The molecule has 1 atom stereocenters. The number of nitrogen functional groups attached to an aromatic ring is 1. The van der Waals surface area contributed by atoms with Crippen LogP contribution < -0.4 is 26.6 Å². The van der Waals surface area contributed by atoms with E-state index in [0.717, 1.165) is 25.1 Å². The fourth-order valence-corrected chi connectivity index (χ4v) is 4.46. The minimum atomic E-state index is -0.564. The lowest BCUT2D eigenvalue weighted by Crippen LogP contribution is -2.49. The predicted octanol–water partition coefficient (Wildman–Crippen LogP) is 5.58. The van der Waals surface area contributed by atoms with Crippen LogP contribution in [-0.2, 0) is 4.74 Å². The molecule has 2 amide bonds. The van der Waals surface area contributed by atoms with E-state index in [-0.39, 0.29) is 11.9 Å². The minimum Gasteiger partial charge on any atom is -0.444 e. The van der Waals surface area contributed by atoms with Crippen molar-refractivity contribution in [3.05, 3.63) is 59.8 Å². The summed E-state index contributed by atoms with van der Waals surface area (Å²) in [6.07, 6.45) is 2.98. The number of hydrogen-bond acceptors (Lipinski definition) is 9. The number of rotatable bonds is 7. The maximum absolute atomic E-state index is 12.7. The molecule has 5 N–H and O–H groups in total. The number of nitrogens with zero attached hydrogens (tertiary/aromatic N) is 4. The maximum Gasteiger partial charge on any atom is 0.407 e. The number of aromatic nitrogens is 2. The van der Waals surface area contributed by atoms with Gasteiger partial charge in [-0.1, -0.05) is 6.07 Å². The lowest BCUT2D eigenvalue weighted by molar-refractivity contribution is 0.0499. The summed E-state index contributed by atoms with van der Waals surface area (Å²) in [5, 5.41) is 9.25. The summed E-state index contributed by atoms with van der Waals surface area (Å²) >= 11 is 0. The molecule has 0 spiro atoms. The summed E-state index contributed by atoms with van der Waals surface area (Å²) in [4.78, 5) is 41.2. The van der Waals surface area contributed by atoms with Crippen molar-refractivity contribution in [1.29, 1.82) is 0 Å². The zero-order valence-electron chi connectivity index (χ0n) is 24.2. The molecule has 2 heterocycles. The van der Waals surface area contributed by atoms with Gasteiger partial charge in [-0.05, 0) is 89.9 Å². The van der Waals surface area contributed by atoms with E-state index in [2.05, 4.69) is 25.8 Å². The van der Waals surface area contributed by atoms with Gasteiger partial charge in [0.15, 0.2) is 5.82 Å². The Kier molecular flexibility index (Phi) is 9.06. The Bertz CT molecular complexity index is 1420. The van der Waals surface area contributed by atoms with Crippen molar-refractivity contribution in [3.8, 4) is 0 Å². The third kappa shape index (κ3) is 8.17. The summed E-state index contributed by atoms with van der Waals surface area (Å²) in [7, 11) is 0. The Balaban J connectivity index is 1.53. The molecule has 11 nitrogen and oxygen atoms in total. The van der Waals surface area contributed by atoms with Gasteiger partial charge in [0.1, 0.15) is 11.3 Å². The van der Waals surface area contributed by atoms with Crippen molar-refractivity contribution in [2.24, 2.45) is 4.99 Å². The molecule has 1 saturated heterocycles. The molecule has 2 aromatic carbocycles. The Morgan fingerprint density at radius 3 is 2.56 bits per heavy atom. The van der Waals surface area contributed by atoms with Crippen LogP contribution >= 0.6 is 0 Å². The molecular formula is C30H38N8O3. The van der Waals surface area contributed by atoms with E-state index in [0.29, 0.717) is 46.6 Å². The third-order valence-electron chi connectivity index (χ3n) is 6.29. The number of alkyl carbamates (subject to hydrolysis) is 1. The smallest absolute Gasteiger partial charge is 0.407 e. The third-order valence-corrected chi connectivity index (χ3v) is 6.29. The number of piperidine rings is 1. The van der Waals surface area contributed by atoms with Gasteiger partial charge in [0, 0.05) is 48.0 Å². The lowest BCUT2D eigenvalue weighted by atomic mass is 10.1. The van der Waals surface area contributed by atoms with Crippen LogP contribution in [0, 0.1) is 6.92 Å². The van der Waals surface area contributed by atoms with Crippen molar-refractivity contribution >= 4 is 52.7 Å². The number of nitrogens with one attached hydrogen (secondary N) is 3. The van der Waals surface area contributed by atoms with Crippen molar-refractivity contribution in [2.75, 3.05) is 34.4 Å². The standard InChI is InChI=1S/C30H38N8O3/c1-6-32-25-19(2)33-28(38-16-8-11-24(18-38)36-29(40)41-30(3,4)5)37-26(25)34-22-9-7-10-23(17-22)35-27(39)20-12-14-21(31)15-13-20/h6-7,9-10,12-15,17,24H,8,11,16,18,31H2,1-5H3,(H,35,39)(H,36,40)(H,33,34,37). The molecule has 41 heavy (non-hydrogen) atoms. The maximum atomic E-state index is 12.7. The fraction of sp³-hybridized carbons (Fsp3) is 0.367. The molecule has 216 valence electrons. The highest BCUT2D eigenvalue weighted by Crippen LogP contribution is 2.32. The molecule has 0 aliphatic carbocycles. The minimum absolute atomic E-state index is 0.0893. The normalized spacial score (nSPS) is 15.4. The van der Waals surface area contributed by atoms with Gasteiger partial charge in [-0.15, -0.1) is 0 Å². The largest absolute Gasteiger partial charge is 0.444 e. The predicted molar refractivity (Wildman–Crippen MR) is 164 cm³/mol. The molecule has 1 unspecified atom stereocenters. The Labute approximate surface area is 240 Å². The van der Waals surface area contributed by atoms with Gasteiger partial charge in [0.25, 0.3) is 5.91 Å². The SMILES string of the molecule is CC=Nc1c(C)nc(N2CCCC(NC(=O)OC(C)(C)C)C2)nc1Nc1cccc(NC(=O)c2ccc(N)cc2)c1. The average molecular weight is 559 g/mol. The summed E-state index contributed by atoms with van der Waals surface area (Å²) in [5.41, 5.74) is 8.95. The number of benzene rings is 2. The first kappa shape index (κ1) is 29.3. The molecule has 11 heteroatoms. The van der Waals surface area contributed by atoms with Crippen LogP contribution in [-0.4, -0.2) is 52.9 Å². The number of nitrogens with two attached hydrogens (primary N) is 1. The van der Waals surface area contributed by atoms with Crippen LogP contribution in [0.15, 0.2) is 53.5 Å². The Morgan fingerprint density at radius 2 is 1.85 bits per heavy atom. The molecular weight excluding hydrogens is 520 g/mol. The van der Waals surface area contributed by atoms with Gasteiger partial charge in [-0.3, -0.25) is 9.79 Å². The first-order valence-electron chi connectivity index (χ1n) is 13.7. The van der Waals surface area contributed by atoms with Crippen molar-refractivity contribution < 1.29 is 14.3 Å². The number of anilines is 5. The van der Waals surface area contributed by atoms with E-state index in [1.807, 2.05) is 58.9 Å². The summed E-state index contributed by atoms with van der Waals surface area (Å²) < 4.78 is 5.44. The fourth-order valence-electron chi connectivity index (χ4n) is 4.46. The van der Waals surface area contributed by atoms with Gasteiger partial charge in [0.05, 0.1) is 5.69 Å². The van der Waals surface area contributed by atoms with Crippen LogP contribution in [0.25, 0.3) is 0 Å². The van der Waals surface area contributed by atoms with E-state index in [1.54, 1.807) is 30.5 Å². The summed E-state index contributed by atoms with van der Waals surface area (Å²) in [6.45, 7) is 10.6. The van der Waals surface area contributed by atoms with E-state index in [1.165, 1.54) is 0 Å². The second kappa shape index (κ2) is 12.7. The van der Waals surface area contributed by atoms with Crippen LogP contribution in [0.3, 0.4) is 0 Å². The van der Waals surface area contributed by atoms with Gasteiger partial charge in [0.2, 0.25) is 5.95 Å². The van der Waals surface area contributed by atoms with Crippen molar-refractivity contribution in [2.45, 2.75) is 59.1 Å². The van der Waals surface area contributed by atoms with E-state index >= 15 is 0 Å². The lowest BCUT2D eigenvalue weighted by Gasteiger charge is -2.34. The van der Waals surface area contributed by atoms with E-state index in [4.69, 9.17) is 20.4 Å². The van der Waals surface area contributed by atoms with Gasteiger partial charge >= 0.3 is 6.09 Å². The molecule has 0 saturated carbocycles. The first-order chi connectivity index (χ1) is 19.5. The summed E-state index contributed by atoms with van der Waals surface area (Å²) in [6, 6.07) is 14.0. The van der Waals surface area contributed by atoms with Crippen LogP contribution in [0.4, 0.5) is 39.3 Å². The van der Waals surface area contributed by atoms with E-state index < -0.39 is 11.7 Å². The van der Waals surface area contributed by atoms with Crippen molar-refractivity contribution in [3.63, 3.8) is 0 Å². The number of ether oxygens (including phenoxy) is 1. The van der Waals surface area contributed by atoms with Gasteiger partial charge < -0.3 is 31.3 Å². The Hall–Kier alpha value is -4.67. The van der Waals surface area contributed by atoms with Gasteiger partial charge in [-0.25, -0.2) is 9.78 Å². The molecule has 1 fully saturated rings. The molecule has 4 rings (SSSR count). The molecule has 0 bridgehead atoms. The molecule has 0 radical (unpaired) electrons. The highest BCUT2D eigenvalue weighted by Gasteiger charge is 2.26. The first-order valence-corrected chi connectivity index (χ1v) is 13.7.